The summed E-state index contributed by atoms with van der Waals surface area (Å²) in [5.74, 6) is 0.691. The summed E-state index contributed by atoms with van der Waals surface area (Å²) in [6, 6.07) is 8.28. The summed E-state index contributed by atoms with van der Waals surface area (Å²) in [6.07, 6.45) is 1.63. The van der Waals surface area contributed by atoms with Crippen molar-refractivity contribution in [1.29, 1.82) is 0 Å². The van der Waals surface area contributed by atoms with Gasteiger partial charge in [-0.25, -0.2) is 0 Å². The second-order valence-corrected chi connectivity index (χ2v) is 6.08. The van der Waals surface area contributed by atoms with Crippen LogP contribution >= 0.6 is 0 Å². The lowest BCUT2D eigenvalue weighted by atomic mass is 9.99. The summed E-state index contributed by atoms with van der Waals surface area (Å²) >= 11 is 0. The van der Waals surface area contributed by atoms with E-state index in [4.69, 9.17) is 0 Å². The van der Waals surface area contributed by atoms with Gasteiger partial charge in [-0.2, -0.15) is 0 Å². The molecule has 0 spiro atoms. The molecule has 2 atom stereocenters. The monoisotopic (exact) mass is 278 g/mol. The third-order valence-corrected chi connectivity index (χ3v) is 3.70. The van der Waals surface area contributed by atoms with Crippen LogP contribution in [-0.4, -0.2) is 31.8 Å². The Balaban J connectivity index is 2.62. The minimum Gasteiger partial charge on any atom is -0.387 e. The predicted octanol–water partition coefficient (Wildman–Crippen LogP) is 3.20. The molecular weight excluding hydrogens is 248 g/mol. The van der Waals surface area contributed by atoms with E-state index in [0.717, 1.165) is 30.6 Å². The average molecular weight is 278 g/mol. The van der Waals surface area contributed by atoms with Gasteiger partial charge in [0.05, 0.1) is 6.10 Å². The Morgan fingerprint density at radius 3 is 2.20 bits per heavy atom. The first-order valence-corrected chi connectivity index (χ1v) is 7.64. The van der Waals surface area contributed by atoms with Crippen molar-refractivity contribution in [3.63, 3.8) is 0 Å². The second kappa shape index (κ2) is 8.28. The largest absolute Gasteiger partial charge is 0.387 e. The van der Waals surface area contributed by atoms with Gasteiger partial charge in [-0.1, -0.05) is 32.9 Å². The van der Waals surface area contributed by atoms with Crippen molar-refractivity contribution in [2.45, 2.75) is 45.8 Å². The summed E-state index contributed by atoms with van der Waals surface area (Å²) in [5, 5.41) is 14.0. The minimum absolute atomic E-state index is 0.124. The maximum atomic E-state index is 10.5. The summed E-state index contributed by atoms with van der Waals surface area (Å²) in [7, 11) is 4.04. The molecule has 1 rings (SSSR count). The maximum Gasteiger partial charge on any atom is 0.0942 e. The first kappa shape index (κ1) is 17.0. The number of hydrogen-bond acceptors (Lipinski definition) is 3. The zero-order valence-electron chi connectivity index (χ0n) is 13.6. The van der Waals surface area contributed by atoms with Gasteiger partial charge in [0.2, 0.25) is 0 Å². The van der Waals surface area contributed by atoms with Crippen molar-refractivity contribution < 1.29 is 5.11 Å². The molecule has 0 amide bonds. The van der Waals surface area contributed by atoms with E-state index in [2.05, 4.69) is 43.1 Å². The van der Waals surface area contributed by atoms with Gasteiger partial charge in [0.1, 0.15) is 0 Å². The average Bonchev–Trinajstić information content (AvgIpc) is 2.42. The van der Waals surface area contributed by atoms with E-state index in [1.165, 1.54) is 0 Å². The molecule has 0 bridgehead atoms. The summed E-state index contributed by atoms with van der Waals surface area (Å²) in [4.78, 5) is 2.06. The molecule has 3 nitrogen and oxygen atoms in total. The highest BCUT2D eigenvalue weighted by Crippen LogP contribution is 2.22. The number of aliphatic hydroxyl groups excluding tert-OH is 1. The number of hydrogen-bond donors (Lipinski definition) is 2. The van der Waals surface area contributed by atoms with Crippen LogP contribution in [0.25, 0.3) is 0 Å². The molecule has 0 aliphatic carbocycles. The smallest absolute Gasteiger partial charge is 0.0942 e. The van der Waals surface area contributed by atoms with Crippen LogP contribution in [0, 0.1) is 5.92 Å². The fourth-order valence-corrected chi connectivity index (χ4v) is 2.24. The van der Waals surface area contributed by atoms with Gasteiger partial charge in [-0.15, -0.1) is 0 Å². The number of aliphatic hydroxyl groups is 1. The van der Waals surface area contributed by atoms with Crippen LogP contribution in [0.3, 0.4) is 0 Å². The Bertz CT molecular complexity index is 373. The van der Waals surface area contributed by atoms with Crippen LogP contribution in [0.15, 0.2) is 24.3 Å². The Morgan fingerprint density at radius 1 is 1.15 bits per heavy atom. The molecule has 0 saturated heterocycles. The normalized spacial score (nSPS) is 14.3. The zero-order valence-corrected chi connectivity index (χ0v) is 13.6. The highest BCUT2D eigenvalue weighted by molar-refractivity contribution is 5.46. The summed E-state index contributed by atoms with van der Waals surface area (Å²) in [5.41, 5.74) is 2.14. The van der Waals surface area contributed by atoms with Crippen molar-refractivity contribution in [3.8, 4) is 0 Å². The molecule has 0 saturated carbocycles. The topological polar surface area (TPSA) is 35.5 Å². The van der Waals surface area contributed by atoms with Gasteiger partial charge >= 0.3 is 0 Å². The third-order valence-electron chi connectivity index (χ3n) is 3.70. The second-order valence-electron chi connectivity index (χ2n) is 6.08. The zero-order chi connectivity index (χ0) is 15.1. The molecule has 0 heterocycles. The molecule has 2 N–H and O–H groups in total. The number of rotatable bonds is 8. The van der Waals surface area contributed by atoms with E-state index in [-0.39, 0.29) is 6.04 Å². The number of anilines is 1. The van der Waals surface area contributed by atoms with Crippen LogP contribution in [0.4, 0.5) is 5.69 Å². The Labute approximate surface area is 124 Å². The van der Waals surface area contributed by atoms with Crippen molar-refractivity contribution >= 4 is 5.69 Å². The first-order valence-electron chi connectivity index (χ1n) is 7.64. The fraction of sp³-hybridized carbons (Fsp3) is 0.647. The lowest BCUT2D eigenvalue weighted by molar-refractivity contribution is 0.125. The quantitative estimate of drug-likeness (QED) is 0.766. The Kier molecular flexibility index (Phi) is 7.03. The predicted molar refractivity (Wildman–Crippen MR) is 87.3 cm³/mol. The Morgan fingerprint density at radius 2 is 1.75 bits per heavy atom. The molecule has 0 fully saturated rings. The lowest BCUT2D eigenvalue weighted by Gasteiger charge is -2.24. The van der Waals surface area contributed by atoms with Crippen LogP contribution in [0.2, 0.25) is 0 Å². The standard InChI is InChI=1S/C17H30N2O/c1-6-16(18-12-11-13(2)3)17(20)14-7-9-15(10-8-14)19(4)5/h7-10,13,16-18,20H,6,11-12H2,1-5H3. The van der Waals surface area contributed by atoms with Crippen LogP contribution in [0.5, 0.6) is 0 Å². The molecule has 1 aromatic rings. The van der Waals surface area contributed by atoms with Gasteiger partial charge in [0.25, 0.3) is 0 Å². The number of nitrogens with zero attached hydrogens (tertiary/aromatic N) is 1. The molecule has 0 radical (unpaired) electrons. The summed E-state index contributed by atoms with van der Waals surface area (Å²) < 4.78 is 0. The molecule has 0 aromatic heterocycles. The van der Waals surface area contributed by atoms with E-state index >= 15 is 0 Å². The van der Waals surface area contributed by atoms with Gasteiger partial charge in [0, 0.05) is 25.8 Å². The maximum absolute atomic E-state index is 10.5. The van der Waals surface area contributed by atoms with Gasteiger partial charge in [0.15, 0.2) is 0 Å². The fourth-order valence-electron chi connectivity index (χ4n) is 2.24. The molecule has 0 aliphatic rings. The van der Waals surface area contributed by atoms with Gasteiger partial charge < -0.3 is 15.3 Å². The van der Waals surface area contributed by atoms with E-state index in [1.54, 1.807) is 0 Å². The third kappa shape index (κ3) is 5.14. The molecular formula is C17H30N2O. The van der Waals surface area contributed by atoms with Crippen LogP contribution in [-0.2, 0) is 0 Å². The van der Waals surface area contributed by atoms with E-state index in [1.807, 2.05) is 26.2 Å². The van der Waals surface area contributed by atoms with Crippen LogP contribution in [0.1, 0.15) is 45.3 Å². The van der Waals surface area contributed by atoms with Gasteiger partial charge in [-0.05, 0) is 43.0 Å². The summed E-state index contributed by atoms with van der Waals surface area (Å²) in [6.45, 7) is 7.52. The molecule has 20 heavy (non-hydrogen) atoms. The number of nitrogens with one attached hydrogen (secondary N) is 1. The van der Waals surface area contributed by atoms with E-state index in [9.17, 15) is 5.11 Å². The van der Waals surface area contributed by atoms with Gasteiger partial charge in [-0.3, -0.25) is 0 Å². The molecule has 2 unspecified atom stereocenters. The highest BCUT2D eigenvalue weighted by atomic mass is 16.3. The van der Waals surface area contributed by atoms with Crippen molar-refractivity contribution in [2.24, 2.45) is 5.92 Å². The highest BCUT2D eigenvalue weighted by Gasteiger charge is 2.18. The van der Waals surface area contributed by atoms with E-state index in [0.29, 0.717) is 5.92 Å². The molecule has 3 heteroatoms. The van der Waals surface area contributed by atoms with Crippen LogP contribution < -0.4 is 10.2 Å². The Hall–Kier alpha value is -1.06. The van der Waals surface area contributed by atoms with Crippen molar-refractivity contribution in [3.05, 3.63) is 29.8 Å². The molecule has 1 aromatic carbocycles. The van der Waals surface area contributed by atoms with Crippen molar-refractivity contribution in [1.82, 2.24) is 5.32 Å². The lowest BCUT2D eigenvalue weighted by Crippen LogP contribution is -2.35. The minimum atomic E-state index is -0.441. The molecule has 114 valence electrons. The SMILES string of the molecule is CCC(NCCC(C)C)C(O)c1ccc(N(C)C)cc1. The number of benzene rings is 1. The van der Waals surface area contributed by atoms with Crippen molar-refractivity contribution in [2.75, 3.05) is 25.5 Å². The van der Waals surface area contributed by atoms with E-state index < -0.39 is 6.10 Å². The first-order chi connectivity index (χ1) is 9.45. The molecule has 0 aliphatic heterocycles.